The van der Waals surface area contributed by atoms with Gasteiger partial charge in [-0.15, -0.1) is 15.3 Å². The van der Waals surface area contributed by atoms with Gasteiger partial charge in [0.25, 0.3) is 12.3 Å². The van der Waals surface area contributed by atoms with Crippen molar-refractivity contribution in [3.8, 4) is 11.5 Å². The number of rotatable bonds is 8. The molecule has 0 radical (unpaired) electrons. The number of nitrogens with one attached hydrogen (secondary N) is 2. The molecular weight excluding hydrogens is 496 g/mol. The molecule has 0 spiro atoms. The summed E-state index contributed by atoms with van der Waals surface area (Å²) in [4.78, 5) is 25.4. The lowest BCUT2D eigenvalue weighted by Gasteiger charge is -2.13. The largest absolute Gasteiger partial charge is 0.423 e. The minimum absolute atomic E-state index is 0.0485. The third-order valence-electron chi connectivity index (χ3n) is 5.14. The molecule has 0 saturated carbocycles. The van der Waals surface area contributed by atoms with Crippen LogP contribution in [-0.2, 0) is 13.0 Å². The summed E-state index contributed by atoms with van der Waals surface area (Å²) in [7, 11) is 0. The molecule has 0 aromatic carbocycles. The Balaban J connectivity index is 0.00000164. The van der Waals surface area contributed by atoms with Gasteiger partial charge >= 0.3 is 0 Å². The molecule has 0 saturated heterocycles. The number of pyridine rings is 2. The molecule has 5 rings (SSSR count). The molecule has 5 aromatic rings. The van der Waals surface area contributed by atoms with Gasteiger partial charge in [0.05, 0.1) is 17.8 Å². The highest BCUT2D eigenvalue weighted by Gasteiger charge is 2.17. The molecule has 13 heteroatoms. The Morgan fingerprint density at radius 1 is 1.08 bits per heavy atom. The van der Waals surface area contributed by atoms with E-state index in [1.807, 2.05) is 20.8 Å². The number of halogens is 2. The van der Waals surface area contributed by atoms with Crippen LogP contribution < -0.4 is 10.6 Å². The van der Waals surface area contributed by atoms with Gasteiger partial charge in [-0.2, -0.15) is 0 Å². The lowest BCUT2D eigenvalue weighted by atomic mass is 10.2. The molecule has 0 aliphatic carbocycles. The Kier molecular flexibility index (Phi) is 8.26. The molecular formula is C25H25F2N9O2. The fourth-order valence-electron chi connectivity index (χ4n) is 3.40. The van der Waals surface area contributed by atoms with E-state index >= 15 is 0 Å². The van der Waals surface area contributed by atoms with Crippen molar-refractivity contribution >= 4 is 22.9 Å². The van der Waals surface area contributed by atoms with Crippen molar-refractivity contribution < 1.29 is 18.0 Å². The van der Waals surface area contributed by atoms with E-state index in [0.717, 1.165) is 0 Å². The number of amides is 1. The van der Waals surface area contributed by atoms with E-state index in [2.05, 4.69) is 40.9 Å². The van der Waals surface area contributed by atoms with Crippen LogP contribution >= 0.6 is 0 Å². The molecule has 0 unspecified atom stereocenters. The van der Waals surface area contributed by atoms with E-state index in [4.69, 9.17) is 4.42 Å². The van der Waals surface area contributed by atoms with E-state index in [-0.39, 0.29) is 35.2 Å². The van der Waals surface area contributed by atoms with Crippen LogP contribution in [0.5, 0.6) is 0 Å². The Hall–Kier alpha value is -4.81. The SMILES string of the molecule is CC.CCc1nnc(CNC(=O)c2cnccc2Nc2nc(-c3cccc(C(F)F)n3)nn3cccc23)o1. The predicted octanol–water partition coefficient (Wildman–Crippen LogP) is 4.77. The van der Waals surface area contributed by atoms with Gasteiger partial charge in [-0.25, -0.2) is 23.3 Å². The van der Waals surface area contributed by atoms with Crippen LogP contribution in [0.2, 0.25) is 0 Å². The zero-order valence-electron chi connectivity index (χ0n) is 20.9. The van der Waals surface area contributed by atoms with Crippen molar-refractivity contribution in [1.29, 1.82) is 0 Å². The van der Waals surface area contributed by atoms with Crippen LogP contribution in [0.25, 0.3) is 17.0 Å². The maximum absolute atomic E-state index is 13.2. The third-order valence-corrected chi connectivity index (χ3v) is 5.14. The Labute approximate surface area is 216 Å². The number of hydrogen-bond donors (Lipinski definition) is 2. The number of carbonyl (C=O) groups excluding carboxylic acids is 1. The monoisotopic (exact) mass is 521 g/mol. The molecule has 0 atom stereocenters. The minimum Gasteiger partial charge on any atom is -0.423 e. The first-order chi connectivity index (χ1) is 18.5. The summed E-state index contributed by atoms with van der Waals surface area (Å²) in [6.45, 7) is 5.93. The van der Waals surface area contributed by atoms with E-state index < -0.39 is 12.3 Å². The number of anilines is 2. The Morgan fingerprint density at radius 2 is 1.89 bits per heavy atom. The number of carbonyl (C=O) groups is 1. The Morgan fingerprint density at radius 3 is 2.66 bits per heavy atom. The molecule has 5 heterocycles. The second-order valence-corrected chi connectivity index (χ2v) is 7.54. The molecule has 196 valence electrons. The molecule has 0 fully saturated rings. The van der Waals surface area contributed by atoms with Crippen LogP contribution in [0.15, 0.2) is 59.4 Å². The predicted molar refractivity (Wildman–Crippen MR) is 135 cm³/mol. The first kappa shape index (κ1) is 26.3. The number of hydrogen-bond acceptors (Lipinski definition) is 9. The van der Waals surface area contributed by atoms with Crippen molar-refractivity contribution in [2.75, 3.05) is 5.32 Å². The minimum atomic E-state index is -2.73. The summed E-state index contributed by atoms with van der Waals surface area (Å²) in [5, 5.41) is 18.0. The molecule has 0 bridgehead atoms. The summed E-state index contributed by atoms with van der Waals surface area (Å²) < 4.78 is 33.3. The normalized spacial score (nSPS) is 10.8. The summed E-state index contributed by atoms with van der Waals surface area (Å²) in [5.74, 6) is 0.819. The Bertz CT molecular complexity index is 1530. The second-order valence-electron chi connectivity index (χ2n) is 7.54. The molecule has 11 nitrogen and oxygen atoms in total. The van der Waals surface area contributed by atoms with Crippen molar-refractivity contribution in [3.63, 3.8) is 0 Å². The highest BCUT2D eigenvalue weighted by molar-refractivity contribution is 6.00. The van der Waals surface area contributed by atoms with Crippen LogP contribution in [0, 0.1) is 0 Å². The smallest absolute Gasteiger partial charge is 0.280 e. The van der Waals surface area contributed by atoms with Gasteiger partial charge in [-0.3, -0.25) is 9.78 Å². The van der Waals surface area contributed by atoms with E-state index in [9.17, 15) is 13.6 Å². The third kappa shape index (κ3) is 5.77. The first-order valence-electron chi connectivity index (χ1n) is 11.9. The topological polar surface area (TPSA) is 136 Å². The van der Waals surface area contributed by atoms with Gasteiger partial charge in [0.1, 0.15) is 16.9 Å². The summed E-state index contributed by atoms with van der Waals surface area (Å²) in [6, 6.07) is 9.41. The lowest BCUT2D eigenvalue weighted by molar-refractivity contribution is 0.0947. The second kappa shape index (κ2) is 12.0. The molecule has 0 aliphatic heterocycles. The first-order valence-corrected chi connectivity index (χ1v) is 11.9. The van der Waals surface area contributed by atoms with Gasteiger partial charge in [0.15, 0.2) is 5.82 Å². The zero-order valence-corrected chi connectivity index (χ0v) is 20.9. The van der Waals surface area contributed by atoms with Crippen molar-refractivity contribution in [1.82, 2.24) is 40.1 Å². The highest BCUT2D eigenvalue weighted by Crippen LogP contribution is 2.26. The van der Waals surface area contributed by atoms with Crippen molar-refractivity contribution in [2.24, 2.45) is 0 Å². The number of aryl methyl sites for hydroxylation is 1. The molecule has 5 aromatic heterocycles. The number of alkyl halides is 2. The van der Waals surface area contributed by atoms with Gasteiger partial charge < -0.3 is 15.1 Å². The van der Waals surface area contributed by atoms with Crippen molar-refractivity contribution in [3.05, 3.63) is 78.0 Å². The number of aromatic nitrogens is 7. The summed E-state index contributed by atoms with van der Waals surface area (Å²) in [6.07, 6.45) is 2.49. The molecule has 1 amide bonds. The van der Waals surface area contributed by atoms with Crippen LogP contribution in [0.4, 0.5) is 20.3 Å². The quantitative estimate of drug-likeness (QED) is 0.296. The summed E-state index contributed by atoms with van der Waals surface area (Å²) in [5.41, 5.74) is 1.08. The number of fused-ring (bicyclic) bond motifs is 1. The lowest BCUT2D eigenvalue weighted by Crippen LogP contribution is -2.24. The van der Waals surface area contributed by atoms with Gasteiger partial charge in [0.2, 0.25) is 17.6 Å². The average Bonchev–Trinajstić information content (AvgIpc) is 3.63. The standard InChI is InChI=1S/C23H19F2N9O2.C2H6/c1-2-18-31-32-19(36-18)12-27-23(35)13-11-26-9-8-14(13)29-22-17-7-4-10-34(17)33-21(30-22)16-6-3-5-15(28-16)20(24)25;1-2/h3-11,20H,2,12H2,1H3,(H,27,35)(H,26,29,30,33);1-2H3. The molecule has 38 heavy (non-hydrogen) atoms. The van der Waals surface area contributed by atoms with Gasteiger partial charge in [0, 0.05) is 25.0 Å². The molecule has 0 aliphatic rings. The van der Waals surface area contributed by atoms with Gasteiger partial charge in [-0.1, -0.05) is 26.8 Å². The average molecular weight is 522 g/mol. The number of nitrogens with zero attached hydrogens (tertiary/aromatic N) is 7. The van der Waals surface area contributed by atoms with Gasteiger partial charge in [-0.05, 0) is 30.3 Å². The maximum atomic E-state index is 13.2. The van der Waals surface area contributed by atoms with E-state index in [1.54, 1.807) is 35.0 Å². The van der Waals surface area contributed by atoms with Crippen LogP contribution in [0.3, 0.4) is 0 Å². The van der Waals surface area contributed by atoms with Crippen LogP contribution in [0.1, 0.15) is 55.0 Å². The van der Waals surface area contributed by atoms with E-state index in [1.165, 1.54) is 24.5 Å². The highest BCUT2D eigenvalue weighted by atomic mass is 19.3. The zero-order chi connectivity index (χ0) is 27.1. The fourth-order valence-corrected chi connectivity index (χ4v) is 3.40. The molecule has 2 N–H and O–H groups in total. The van der Waals surface area contributed by atoms with E-state index in [0.29, 0.717) is 29.3 Å². The maximum Gasteiger partial charge on any atom is 0.280 e. The summed E-state index contributed by atoms with van der Waals surface area (Å²) >= 11 is 0. The van der Waals surface area contributed by atoms with Crippen molar-refractivity contribution in [2.45, 2.75) is 40.2 Å². The van der Waals surface area contributed by atoms with Crippen LogP contribution in [-0.4, -0.2) is 40.7 Å². The fraction of sp³-hybridized carbons (Fsp3) is 0.240.